The molecular formula is C49H48N4O7. The second kappa shape index (κ2) is 16.6. The first kappa shape index (κ1) is 38.9. The molecule has 11 heteroatoms. The summed E-state index contributed by atoms with van der Waals surface area (Å²) in [6, 6.07) is 29.6. The zero-order chi connectivity index (χ0) is 41.3. The lowest BCUT2D eigenvalue weighted by molar-refractivity contribution is -0.120. The van der Waals surface area contributed by atoms with Crippen molar-refractivity contribution >= 4 is 41.0 Å². The monoisotopic (exact) mass is 804 g/mol. The molecule has 0 unspecified atom stereocenters. The van der Waals surface area contributed by atoms with E-state index in [1.807, 2.05) is 89.7 Å². The van der Waals surface area contributed by atoms with E-state index < -0.39 is 0 Å². The number of anilines is 2. The van der Waals surface area contributed by atoms with Crippen molar-refractivity contribution in [3.05, 3.63) is 136 Å². The first-order valence-corrected chi connectivity index (χ1v) is 20.7. The highest BCUT2D eigenvalue weighted by Gasteiger charge is 2.38. The topological polar surface area (TPSA) is 119 Å². The summed E-state index contributed by atoms with van der Waals surface area (Å²) >= 11 is 0. The van der Waals surface area contributed by atoms with E-state index in [4.69, 9.17) is 23.9 Å². The van der Waals surface area contributed by atoms with Gasteiger partial charge in [-0.05, 0) is 121 Å². The van der Waals surface area contributed by atoms with Gasteiger partial charge in [-0.1, -0.05) is 36.4 Å². The number of hydrogen-bond acceptors (Lipinski definition) is 8. The largest absolute Gasteiger partial charge is 0.494 e. The molecule has 1 N–H and O–H groups in total. The number of carbonyl (C=O) groups excluding carboxylic acids is 3. The number of fused-ring (bicyclic) bond motifs is 8. The zero-order valence-corrected chi connectivity index (χ0v) is 34.2. The van der Waals surface area contributed by atoms with Gasteiger partial charge >= 0.3 is 0 Å². The molecule has 4 aliphatic heterocycles. The Kier molecular flexibility index (Phi) is 10.7. The van der Waals surface area contributed by atoms with Crippen molar-refractivity contribution in [1.82, 2.24) is 5.32 Å². The average molecular weight is 805 g/mol. The van der Waals surface area contributed by atoms with E-state index in [-0.39, 0.29) is 43.0 Å². The van der Waals surface area contributed by atoms with Crippen LogP contribution in [-0.4, -0.2) is 56.8 Å². The Morgan fingerprint density at radius 1 is 0.750 bits per heavy atom. The van der Waals surface area contributed by atoms with Crippen molar-refractivity contribution in [2.75, 3.05) is 30.6 Å². The van der Waals surface area contributed by atoms with Gasteiger partial charge in [-0.15, -0.1) is 0 Å². The summed E-state index contributed by atoms with van der Waals surface area (Å²) in [5.41, 5.74) is 9.58. The van der Waals surface area contributed by atoms with Crippen molar-refractivity contribution < 1.29 is 33.3 Å². The van der Waals surface area contributed by atoms with Gasteiger partial charge in [0.1, 0.15) is 24.7 Å². The normalized spacial score (nSPS) is 17.1. The van der Waals surface area contributed by atoms with E-state index in [1.165, 1.54) is 5.56 Å². The number of aryl methyl sites for hydroxylation is 2. The van der Waals surface area contributed by atoms with E-state index in [2.05, 4.69) is 17.4 Å². The number of ether oxygens (including phenoxy) is 4. The maximum absolute atomic E-state index is 14.0. The maximum atomic E-state index is 14.0. The van der Waals surface area contributed by atoms with Gasteiger partial charge in [0, 0.05) is 55.2 Å². The van der Waals surface area contributed by atoms with Crippen LogP contribution in [-0.2, 0) is 37.3 Å². The van der Waals surface area contributed by atoms with E-state index >= 15 is 0 Å². The minimum Gasteiger partial charge on any atom is -0.494 e. The molecule has 5 aromatic carbocycles. The van der Waals surface area contributed by atoms with Crippen LogP contribution in [0.4, 0.5) is 17.1 Å². The van der Waals surface area contributed by atoms with Gasteiger partial charge in [-0.25, -0.2) is 0 Å². The summed E-state index contributed by atoms with van der Waals surface area (Å²) < 4.78 is 24.9. The highest BCUT2D eigenvalue weighted by molar-refractivity contribution is 6.15. The quantitative estimate of drug-likeness (QED) is 0.119. The molecule has 0 spiro atoms. The van der Waals surface area contributed by atoms with Gasteiger partial charge in [0.25, 0.3) is 11.8 Å². The molecule has 5 aromatic rings. The molecule has 306 valence electrons. The first-order chi connectivity index (χ1) is 29.3. The molecule has 2 atom stereocenters. The number of aliphatic imine (C=N–C) groups is 1. The second-order valence-electron chi connectivity index (χ2n) is 15.9. The van der Waals surface area contributed by atoms with Crippen LogP contribution in [0.3, 0.4) is 0 Å². The highest BCUT2D eigenvalue weighted by atomic mass is 16.5. The SMILES string of the molecule is CNC(=O)CCCCOc1cc(COc2cc3c(cc2C)C(=O)N2c4ccccc4C[C@H]2CC3)cc(COc2cc3c(cc2OC)C(=O)N2c4ccccc4C[C@H]2C=N3)c1. The number of hydrogen-bond donors (Lipinski definition) is 1. The lowest BCUT2D eigenvalue weighted by Crippen LogP contribution is -2.37. The molecule has 0 saturated carbocycles. The minimum absolute atomic E-state index is 0.00530. The molecule has 4 heterocycles. The molecule has 0 aliphatic carbocycles. The van der Waals surface area contributed by atoms with Crippen LogP contribution in [0.15, 0.2) is 96.0 Å². The molecule has 4 aliphatic rings. The lowest BCUT2D eigenvalue weighted by Gasteiger charge is -2.23. The summed E-state index contributed by atoms with van der Waals surface area (Å²) in [7, 11) is 3.20. The van der Waals surface area contributed by atoms with Crippen molar-refractivity contribution in [3.8, 4) is 23.0 Å². The fourth-order valence-electron chi connectivity index (χ4n) is 8.90. The standard InChI is InChI=1S/C49H48N4O7/c1-30-18-39-33(15-16-36-22-34-10-4-6-12-42(34)52(36)48(39)55)24-44(30)59-28-31-19-32(21-38(20-31)58-17-9-8-14-47(54)50-2)29-60-46-26-41-40(25-45(46)57-3)49(56)53-37(27-51-41)23-35-11-5-7-13-43(35)53/h4-7,10-13,18-21,24-27,36-37H,8-9,14-17,22-23,28-29H2,1-3H3,(H,50,54)/t36-,37+/m1/s1. The van der Waals surface area contributed by atoms with Crippen molar-refractivity contribution in [3.63, 3.8) is 0 Å². The highest BCUT2D eigenvalue weighted by Crippen LogP contribution is 2.42. The van der Waals surface area contributed by atoms with Crippen molar-refractivity contribution in [1.29, 1.82) is 0 Å². The Balaban J connectivity index is 0.938. The van der Waals surface area contributed by atoms with Crippen LogP contribution in [0.5, 0.6) is 23.0 Å². The average Bonchev–Trinajstić information content (AvgIpc) is 3.76. The van der Waals surface area contributed by atoms with Crippen molar-refractivity contribution in [2.45, 2.75) is 77.2 Å². The van der Waals surface area contributed by atoms with Crippen LogP contribution in [0.2, 0.25) is 0 Å². The maximum Gasteiger partial charge on any atom is 0.261 e. The summed E-state index contributed by atoms with van der Waals surface area (Å²) in [6.07, 6.45) is 6.95. The van der Waals surface area contributed by atoms with Gasteiger partial charge in [0.2, 0.25) is 5.91 Å². The van der Waals surface area contributed by atoms with Crippen LogP contribution < -0.4 is 34.1 Å². The molecule has 9 rings (SSSR count). The Bertz CT molecular complexity index is 2530. The molecule has 3 amide bonds. The van der Waals surface area contributed by atoms with Crippen molar-refractivity contribution in [2.24, 2.45) is 4.99 Å². The van der Waals surface area contributed by atoms with Gasteiger partial charge in [-0.2, -0.15) is 0 Å². The summed E-state index contributed by atoms with van der Waals surface area (Å²) in [5, 5.41) is 2.66. The molecule has 0 aromatic heterocycles. The molecule has 60 heavy (non-hydrogen) atoms. The summed E-state index contributed by atoms with van der Waals surface area (Å²) in [5.74, 6) is 2.20. The third kappa shape index (κ3) is 7.56. The number of nitrogens with zero attached hydrogens (tertiary/aromatic N) is 3. The fourth-order valence-corrected chi connectivity index (χ4v) is 8.90. The Labute approximate surface area is 349 Å². The third-order valence-electron chi connectivity index (χ3n) is 12.0. The number of amides is 3. The molecule has 11 nitrogen and oxygen atoms in total. The molecular weight excluding hydrogens is 757 g/mol. The van der Waals surface area contributed by atoms with E-state index in [1.54, 1.807) is 26.3 Å². The fraction of sp³-hybridized carbons (Fsp3) is 0.306. The van der Waals surface area contributed by atoms with E-state index in [9.17, 15) is 14.4 Å². The van der Waals surface area contributed by atoms with Crippen LogP contribution in [0, 0.1) is 6.92 Å². The Hall–Kier alpha value is -6.62. The predicted octanol–water partition coefficient (Wildman–Crippen LogP) is 8.26. The van der Waals surface area contributed by atoms with Gasteiger partial charge in [0.05, 0.1) is 31.0 Å². The number of methoxy groups -OCH3 is 1. The summed E-state index contributed by atoms with van der Waals surface area (Å²) in [6.45, 7) is 2.86. The Morgan fingerprint density at radius 2 is 1.45 bits per heavy atom. The van der Waals surface area contributed by atoms with Crippen LogP contribution in [0.1, 0.15) is 79.8 Å². The van der Waals surface area contributed by atoms with Crippen LogP contribution in [0.25, 0.3) is 0 Å². The second-order valence-corrected chi connectivity index (χ2v) is 15.9. The number of unbranched alkanes of at least 4 members (excludes halogenated alkanes) is 1. The zero-order valence-electron chi connectivity index (χ0n) is 34.2. The number of benzene rings is 5. The van der Waals surface area contributed by atoms with Gasteiger partial charge < -0.3 is 29.2 Å². The first-order valence-electron chi connectivity index (χ1n) is 20.7. The van der Waals surface area contributed by atoms with E-state index in [0.717, 1.165) is 69.8 Å². The molecule has 0 bridgehead atoms. The van der Waals surface area contributed by atoms with Gasteiger partial charge in [-0.3, -0.25) is 24.3 Å². The number of rotatable bonds is 13. The number of para-hydroxylation sites is 2. The molecule has 0 fully saturated rings. The molecule has 0 saturated heterocycles. The number of nitrogens with one attached hydrogen (secondary N) is 1. The lowest BCUT2D eigenvalue weighted by atomic mass is 9.98. The summed E-state index contributed by atoms with van der Waals surface area (Å²) in [4.78, 5) is 48.2. The van der Waals surface area contributed by atoms with E-state index in [0.29, 0.717) is 60.8 Å². The minimum atomic E-state index is -0.169. The van der Waals surface area contributed by atoms with Gasteiger partial charge in [0.15, 0.2) is 11.5 Å². The smallest absolute Gasteiger partial charge is 0.261 e. The van der Waals surface area contributed by atoms with Crippen LogP contribution >= 0.6 is 0 Å². The number of carbonyl (C=O) groups is 3. The Morgan fingerprint density at radius 3 is 2.20 bits per heavy atom. The predicted molar refractivity (Wildman–Crippen MR) is 231 cm³/mol. The molecule has 0 radical (unpaired) electrons. The third-order valence-corrected chi connectivity index (χ3v) is 12.0.